The Morgan fingerprint density at radius 1 is 1.00 bits per heavy atom. The Labute approximate surface area is 120 Å². The second-order valence-electron chi connectivity index (χ2n) is 6.24. The molecule has 0 aliphatic rings. The third kappa shape index (κ3) is 9.07. The van der Waals surface area contributed by atoms with Crippen molar-refractivity contribution in [2.45, 2.75) is 98.0 Å². The van der Waals surface area contributed by atoms with Crippen molar-refractivity contribution in [3.63, 3.8) is 0 Å². The van der Waals surface area contributed by atoms with Gasteiger partial charge in [0.2, 0.25) is 0 Å². The highest BCUT2D eigenvalue weighted by atomic mass is 16.6. The lowest BCUT2D eigenvalue weighted by Crippen LogP contribution is -2.31. The van der Waals surface area contributed by atoms with Gasteiger partial charge in [-0.15, -0.1) is 0 Å². The van der Waals surface area contributed by atoms with Crippen molar-refractivity contribution >= 4 is 5.97 Å². The number of unbranched alkanes of at least 4 members (excludes halogenated alkanes) is 4. The van der Waals surface area contributed by atoms with Crippen molar-refractivity contribution in [3.05, 3.63) is 0 Å². The Hall–Kier alpha value is -0.530. The molecule has 1 unspecified atom stereocenters. The van der Waals surface area contributed by atoms with Crippen molar-refractivity contribution in [2.75, 3.05) is 0 Å². The molecule has 0 aromatic rings. The average molecular weight is 270 g/mol. The minimum atomic E-state index is -0.304. The summed E-state index contributed by atoms with van der Waals surface area (Å²) in [5.74, 6) is 0.106. The van der Waals surface area contributed by atoms with Gasteiger partial charge in [0.1, 0.15) is 5.60 Å². The second-order valence-corrected chi connectivity index (χ2v) is 6.24. The maximum Gasteiger partial charge on any atom is 0.309 e. The smallest absolute Gasteiger partial charge is 0.309 e. The molecule has 19 heavy (non-hydrogen) atoms. The Bertz CT molecular complexity index is 233. The molecule has 0 saturated carbocycles. The zero-order valence-electron chi connectivity index (χ0n) is 13.8. The van der Waals surface area contributed by atoms with Gasteiger partial charge in [0.05, 0.1) is 5.92 Å². The van der Waals surface area contributed by atoms with Crippen LogP contribution in [0.4, 0.5) is 0 Å². The maximum atomic E-state index is 12.2. The minimum Gasteiger partial charge on any atom is -0.459 e. The number of carbonyl (C=O) groups excluding carboxylic acids is 1. The molecular formula is C17H34O2. The van der Waals surface area contributed by atoms with E-state index in [0.717, 1.165) is 32.1 Å². The summed E-state index contributed by atoms with van der Waals surface area (Å²) < 4.78 is 5.67. The summed E-state index contributed by atoms with van der Waals surface area (Å²) in [6.45, 7) is 10.5. The predicted molar refractivity (Wildman–Crippen MR) is 82.2 cm³/mol. The third-order valence-corrected chi connectivity index (χ3v) is 3.71. The molecule has 0 saturated heterocycles. The Morgan fingerprint density at radius 2 is 1.63 bits per heavy atom. The van der Waals surface area contributed by atoms with Crippen LogP contribution in [0.25, 0.3) is 0 Å². The molecule has 0 heterocycles. The number of hydrogen-bond acceptors (Lipinski definition) is 2. The van der Waals surface area contributed by atoms with Crippen molar-refractivity contribution in [3.8, 4) is 0 Å². The van der Waals surface area contributed by atoms with Gasteiger partial charge in [-0.25, -0.2) is 0 Å². The monoisotopic (exact) mass is 270 g/mol. The van der Waals surface area contributed by atoms with E-state index in [1.54, 1.807) is 0 Å². The summed E-state index contributed by atoms with van der Waals surface area (Å²) in [6.07, 6.45) is 10.1. The number of ether oxygens (including phenoxy) is 1. The van der Waals surface area contributed by atoms with Crippen LogP contribution in [-0.4, -0.2) is 11.6 Å². The molecule has 0 N–H and O–H groups in total. The molecule has 0 spiro atoms. The fourth-order valence-corrected chi connectivity index (χ4v) is 2.49. The lowest BCUT2D eigenvalue weighted by Gasteiger charge is -2.27. The van der Waals surface area contributed by atoms with Crippen molar-refractivity contribution < 1.29 is 9.53 Å². The van der Waals surface area contributed by atoms with Crippen LogP contribution in [-0.2, 0) is 9.53 Å². The van der Waals surface area contributed by atoms with E-state index in [0.29, 0.717) is 0 Å². The van der Waals surface area contributed by atoms with Crippen LogP contribution in [0.2, 0.25) is 0 Å². The van der Waals surface area contributed by atoms with Crippen molar-refractivity contribution in [1.82, 2.24) is 0 Å². The first-order valence-corrected chi connectivity index (χ1v) is 8.19. The molecule has 2 heteroatoms. The standard InChI is InChI=1S/C17H34O2/c1-6-9-10-11-12-13-15(8-3)16(18)19-17(4,5)14-7-2/h15H,6-14H2,1-5H3. The fraction of sp³-hybridized carbons (Fsp3) is 0.941. The van der Waals surface area contributed by atoms with Gasteiger partial charge in [0.15, 0.2) is 0 Å². The molecule has 0 amide bonds. The third-order valence-electron chi connectivity index (χ3n) is 3.71. The molecule has 0 rings (SSSR count). The fourth-order valence-electron chi connectivity index (χ4n) is 2.49. The topological polar surface area (TPSA) is 26.3 Å². The quantitative estimate of drug-likeness (QED) is 0.366. The molecule has 0 aromatic heterocycles. The lowest BCUT2D eigenvalue weighted by molar-refractivity contribution is -0.162. The molecular weight excluding hydrogens is 236 g/mol. The summed E-state index contributed by atoms with van der Waals surface area (Å²) in [7, 11) is 0. The predicted octanol–water partition coefficient (Wildman–Crippen LogP) is 5.50. The molecule has 114 valence electrons. The second kappa shape index (κ2) is 10.3. The van der Waals surface area contributed by atoms with E-state index in [4.69, 9.17) is 4.74 Å². The van der Waals surface area contributed by atoms with Crippen LogP contribution in [0.3, 0.4) is 0 Å². The van der Waals surface area contributed by atoms with E-state index < -0.39 is 0 Å². The van der Waals surface area contributed by atoms with Crippen LogP contribution < -0.4 is 0 Å². The summed E-state index contributed by atoms with van der Waals surface area (Å²) in [6, 6.07) is 0. The molecule has 0 aromatic carbocycles. The summed E-state index contributed by atoms with van der Waals surface area (Å²) in [5, 5.41) is 0. The van der Waals surface area contributed by atoms with Crippen LogP contribution in [0.15, 0.2) is 0 Å². The minimum absolute atomic E-state index is 0.0106. The highest BCUT2D eigenvalue weighted by Crippen LogP contribution is 2.22. The van der Waals surface area contributed by atoms with Gasteiger partial charge < -0.3 is 4.74 Å². The van der Waals surface area contributed by atoms with Gasteiger partial charge >= 0.3 is 5.97 Å². The molecule has 0 aliphatic carbocycles. The lowest BCUT2D eigenvalue weighted by atomic mass is 9.97. The van der Waals surface area contributed by atoms with E-state index in [2.05, 4.69) is 20.8 Å². The highest BCUT2D eigenvalue weighted by Gasteiger charge is 2.26. The normalized spacial score (nSPS) is 13.3. The van der Waals surface area contributed by atoms with Gasteiger partial charge in [-0.05, 0) is 33.1 Å². The number of hydrogen-bond donors (Lipinski definition) is 0. The number of rotatable bonds is 11. The molecule has 0 bridgehead atoms. The first-order chi connectivity index (χ1) is 8.96. The van der Waals surface area contributed by atoms with Crippen LogP contribution >= 0.6 is 0 Å². The molecule has 0 aliphatic heterocycles. The van der Waals surface area contributed by atoms with Crippen LogP contribution in [0.5, 0.6) is 0 Å². The first kappa shape index (κ1) is 18.5. The Morgan fingerprint density at radius 3 is 2.16 bits per heavy atom. The maximum absolute atomic E-state index is 12.2. The summed E-state index contributed by atoms with van der Waals surface area (Å²) in [4.78, 5) is 12.2. The van der Waals surface area contributed by atoms with Crippen molar-refractivity contribution in [1.29, 1.82) is 0 Å². The van der Waals surface area contributed by atoms with Gasteiger partial charge in [0.25, 0.3) is 0 Å². The Balaban J connectivity index is 4.03. The summed E-state index contributed by atoms with van der Waals surface area (Å²) in [5.41, 5.74) is -0.304. The zero-order valence-corrected chi connectivity index (χ0v) is 13.8. The molecule has 0 radical (unpaired) electrons. The highest BCUT2D eigenvalue weighted by molar-refractivity contribution is 5.72. The summed E-state index contributed by atoms with van der Waals surface area (Å²) >= 11 is 0. The largest absolute Gasteiger partial charge is 0.459 e. The van der Waals surface area contributed by atoms with Gasteiger partial charge in [-0.2, -0.15) is 0 Å². The van der Waals surface area contributed by atoms with E-state index in [9.17, 15) is 4.79 Å². The van der Waals surface area contributed by atoms with Crippen LogP contribution in [0.1, 0.15) is 92.4 Å². The van der Waals surface area contributed by atoms with Crippen molar-refractivity contribution in [2.24, 2.45) is 5.92 Å². The van der Waals surface area contributed by atoms with Gasteiger partial charge in [-0.1, -0.05) is 59.3 Å². The number of carbonyl (C=O) groups is 1. The van der Waals surface area contributed by atoms with Gasteiger partial charge in [0, 0.05) is 0 Å². The van der Waals surface area contributed by atoms with Gasteiger partial charge in [-0.3, -0.25) is 4.79 Å². The van der Waals surface area contributed by atoms with Crippen LogP contribution in [0, 0.1) is 5.92 Å². The average Bonchev–Trinajstić information content (AvgIpc) is 2.32. The van der Waals surface area contributed by atoms with E-state index in [-0.39, 0.29) is 17.5 Å². The first-order valence-electron chi connectivity index (χ1n) is 8.19. The van der Waals surface area contributed by atoms with E-state index >= 15 is 0 Å². The SMILES string of the molecule is CCCCCCCC(CC)C(=O)OC(C)(C)CCC. The zero-order chi connectivity index (χ0) is 14.7. The molecule has 2 nitrogen and oxygen atoms in total. The molecule has 0 fully saturated rings. The number of esters is 1. The van der Waals surface area contributed by atoms with E-state index in [1.807, 2.05) is 13.8 Å². The van der Waals surface area contributed by atoms with E-state index in [1.165, 1.54) is 25.7 Å². The molecule has 1 atom stereocenters. The Kier molecular flexibility index (Phi) is 9.99.